The van der Waals surface area contributed by atoms with E-state index in [2.05, 4.69) is 29.5 Å². The van der Waals surface area contributed by atoms with Gasteiger partial charge in [0.15, 0.2) is 11.5 Å². The van der Waals surface area contributed by atoms with Gasteiger partial charge in [0.1, 0.15) is 11.4 Å². The van der Waals surface area contributed by atoms with Crippen molar-refractivity contribution in [3.8, 4) is 11.5 Å². The molecular weight excluding hydrogens is 358 g/mol. The molecule has 1 heterocycles. The lowest BCUT2D eigenvalue weighted by molar-refractivity contribution is 0.0942. The van der Waals surface area contributed by atoms with E-state index in [0.717, 1.165) is 12.0 Å². The number of rotatable bonds is 9. The number of carbonyl (C=O) groups excluding carboxylic acids is 2. The van der Waals surface area contributed by atoms with E-state index in [4.69, 9.17) is 9.47 Å². The van der Waals surface area contributed by atoms with Gasteiger partial charge in [0.25, 0.3) is 11.8 Å². The molecule has 7 nitrogen and oxygen atoms in total. The van der Waals surface area contributed by atoms with Crippen molar-refractivity contribution in [1.82, 2.24) is 15.6 Å². The number of benzene rings is 1. The van der Waals surface area contributed by atoms with E-state index in [1.54, 1.807) is 44.6 Å². The highest BCUT2D eigenvalue weighted by Gasteiger charge is 2.13. The van der Waals surface area contributed by atoms with Gasteiger partial charge in [-0.1, -0.05) is 26.0 Å². The zero-order valence-corrected chi connectivity index (χ0v) is 16.7. The first-order chi connectivity index (χ1) is 13.4. The summed E-state index contributed by atoms with van der Waals surface area (Å²) in [4.78, 5) is 28.8. The molecule has 0 radical (unpaired) electrons. The summed E-state index contributed by atoms with van der Waals surface area (Å²) in [6.45, 7) is 5.06. The van der Waals surface area contributed by atoms with Crippen molar-refractivity contribution in [2.75, 3.05) is 20.8 Å². The van der Waals surface area contributed by atoms with Gasteiger partial charge < -0.3 is 20.1 Å². The molecule has 150 valence electrons. The normalized spacial score (nSPS) is 10.5. The highest BCUT2D eigenvalue weighted by Crippen LogP contribution is 2.27. The summed E-state index contributed by atoms with van der Waals surface area (Å²) in [5.41, 5.74) is 1.27. The summed E-state index contributed by atoms with van der Waals surface area (Å²) >= 11 is 0. The third kappa shape index (κ3) is 5.97. The highest BCUT2D eigenvalue weighted by atomic mass is 16.5. The summed E-state index contributed by atoms with van der Waals surface area (Å²) in [5.74, 6) is 1.08. The minimum absolute atomic E-state index is 0.192. The molecule has 0 spiro atoms. The average molecular weight is 385 g/mol. The van der Waals surface area contributed by atoms with Gasteiger partial charge in [0.2, 0.25) is 0 Å². The molecule has 0 unspecified atom stereocenters. The topological polar surface area (TPSA) is 89.5 Å². The average Bonchev–Trinajstić information content (AvgIpc) is 2.71. The fourth-order valence-corrected chi connectivity index (χ4v) is 2.52. The van der Waals surface area contributed by atoms with Crippen molar-refractivity contribution in [2.45, 2.75) is 26.8 Å². The fraction of sp³-hybridized carbons (Fsp3) is 0.381. The minimum Gasteiger partial charge on any atom is -0.493 e. The first-order valence-electron chi connectivity index (χ1n) is 9.19. The van der Waals surface area contributed by atoms with Crippen LogP contribution in [0.4, 0.5) is 0 Å². The SMILES string of the molecule is COc1ccc(CNC(=O)c2cccc(C(=O)NCCC(C)C)n2)cc1OC. The molecule has 0 fully saturated rings. The maximum atomic E-state index is 12.4. The number of nitrogens with zero attached hydrogens (tertiary/aromatic N) is 1. The lowest BCUT2D eigenvalue weighted by atomic mass is 10.1. The standard InChI is InChI=1S/C21H27N3O4/c1-14(2)10-11-22-20(25)16-6-5-7-17(24-16)21(26)23-13-15-8-9-18(27-3)19(12-15)28-4/h5-9,12,14H,10-11,13H2,1-4H3,(H,22,25)(H,23,26). The van der Waals surface area contributed by atoms with Crippen molar-refractivity contribution in [3.05, 3.63) is 53.3 Å². The first-order valence-corrected chi connectivity index (χ1v) is 9.19. The molecule has 2 N–H and O–H groups in total. The van der Waals surface area contributed by atoms with Crippen molar-refractivity contribution >= 4 is 11.8 Å². The second-order valence-electron chi connectivity index (χ2n) is 6.72. The monoisotopic (exact) mass is 385 g/mol. The number of hydrogen-bond acceptors (Lipinski definition) is 5. The minimum atomic E-state index is -0.355. The quantitative estimate of drug-likeness (QED) is 0.693. The van der Waals surface area contributed by atoms with Gasteiger partial charge in [-0.15, -0.1) is 0 Å². The molecule has 0 saturated carbocycles. The Morgan fingerprint density at radius 2 is 1.61 bits per heavy atom. The molecular formula is C21H27N3O4. The maximum Gasteiger partial charge on any atom is 0.270 e. The number of aromatic nitrogens is 1. The van der Waals surface area contributed by atoms with Crippen LogP contribution in [0.1, 0.15) is 46.8 Å². The molecule has 2 rings (SSSR count). The Labute approximate surface area is 165 Å². The zero-order valence-electron chi connectivity index (χ0n) is 16.7. The molecule has 0 aliphatic rings. The number of amides is 2. The summed E-state index contributed by atoms with van der Waals surface area (Å²) in [7, 11) is 3.12. The van der Waals surface area contributed by atoms with Crippen LogP contribution in [0.5, 0.6) is 11.5 Å². The summed E-state index contributed by atoms with van der Waals surface area (Å²) in [5, 5.41) is 5.62. The number of carbonyl (C=O) groups is 2. The molecule has 0 aliphatic carbocycles. The van der Waals surface area contributed by atoms with E-state index in [-0.39, 0.29) is 23.2 Å². The molecule has 0 aliphatic heterocycles. The zero-order chi connectivity index (χ0) is 20.5. The molecule has 7 heteroatoms. The van der Waals surface area contributed by atoms with E-state index in [1.165, 1.54) is 0 Å². The summed E-state index contributed by atoms with van der Waals surface area (Å²) in [6, 6.07) is 10.2. The lowest BCUT2D eigenvalue weighted by Crippen LogP contribution is -2.28. The lowest BCUT2D eigenvalue weighted by Gasteiger charge is -2.11. The number of nitrogens with one attached hydrogen (secondary N) is 2. The van der Waals surface area contributed by atoms with Crippen molar-refractivity contribution in [2.24, 2.45) is 5.92 Å². The van der Waals surface area contributed by atoms with Crippen LogP contribution < -0.4 is 20.1 Å². The third-order valence-electron chi connectivity index (χ3n) is 4.12. The molecule has 28 heavy (non-hydrogen) atoms. The second-order valence-corrected chi connectivity index (χ2v) is 6.72. The van der Waals surface area contributed by atoms with Crippen LogP contribution in [0, 0.1) is 5.92 Å². The largest absolute Gasteiger partial charge is 0.493 e. The highest BCUT2D eigenvalue weighted by molar-refractivity contribution is 5.96. The van der Waals surface area contributed by atoms with Gasteiger partial charge in [-0.25, -0.2) is 4.98 Å². The first kappa shape index (κ1) is 21.2. The van der Waals surface area contributed by atoms with Crippen LogP contribution in [0.15, 0.2) is 36.4 Å². The van der Waals surface area contributed by atoms with Crippen LogP contribution in [-0.4, -0.2) is 37.6 Å². The van der Waals surface area contributed by atoms with Crippen LogP contribution in [0.25, 0.3) is 0 Å². The molecule has 0 bridgehead atoms. The molecule has 1 aromatic carbocycles. The van der Waals surface area contributed by atoms with Crippen LogP contribution in [0.2, 0.25) is 0 Å². The van der Waals surface area contributed by atoms with E-state index in [9.17, 15) is 9.59 Å². The predicted octanol–water partition coefficient (Wildman–Crippen LogP) is 2.80. The van der Waals surface area contributed by atoms with Crippen LogP contribution >= 0.6 is 0 Å². The maximum absolute atomic E-state index is 12.4. The van der Waals surface area contributed by atoms with Crippen LogP contribution in [-0.2, 0) is 6.54 Å². The predicted molar refractivity (Wildman–Crippen MR) is 107 cm³/mol. The van der Waals surface area contributed by atoms with E-state index < -0.39 is 0 Å². The second kappa shape index (κ2) is 10.3. The number of hydrogen-bond donors (Lipinski definition) is 2. The number of pyridine rings is 1. The Hall–Kier alpha value is -3.09. The number of methoxy groups -OCH3 is 2. The van der Waals surface area contributed by atoms with Gasteiger partial charge in [0.05, 0.1) is 14.2 Å². The van der Waals surface area contributed by atoms with Crippen molar-refractivity contribution in [1.29, 1.82) is 0 Å². The molecule has 2 aromatic rings. The Morgan fingerprint density at radius 3 is 2.21 bits per heavy atom. The molecule has 0 saturated heterocycles. The Kier molecular flexibility index (Phi) is 7.80. The Morgan fingerprint density at radius 1 is 0.964 bits per heavy atom. The van der Waals surface area contributed by atoms with Crippen molar-refractivity contribution in [3.63, 3.8) is 0 Å². The van der Waals surface area contributed by atoms with E-state index in [0.29, 0.717) is 30.5 Å². The van der Waals surface area contributed by atoms with Crippen molar-refractivity contribution < 1.29 is 19.1 Å². The summed E-state index contributed by atoms with van der Waals surface area (Å²) < 4.78 is 10.5. The Bertz CT molecular complexity index is 821. The molecule has 2 amide bonds. The molecule has 1 aromatic heterocycles. The van der Waals surface area contributed by atoms with E-state index >= 15 is 0 Å². The Balaban J connectivity index is 1.98. The fourth-order valence-electron chi connectivity index (χ4n) is 2.52. The smallest absolute Gasteiger partial charge is 0.270 e. The van der Waals surface area contributed by atoms with Gasteiger partial charge in [-0.2, -0.15) is 0 Å². The van der Waals surface area contributed by atoms with Gasteiger partial charge in [-0.3, -0.25) is 9.59 Å². The van der Waals surface area contributed by atoms with Gasteiger partial charge >= 0.3 is 0 Å². The van der Waals surface area contributed by atoms with Crippen LogP contribution in [0.3, 0.4) is 0 Å². The third-order valence-corrected chi connectivity index (χ3v) is 4.12. The van der Waals surface area contributed by atoms with Gasteiger partial charge in [0, 0.05) is 13.1 Å². The summed E-state index contributed by atoms with van der Waals surface area (Å²) in [6.07, 6.45) is 0.886. The van der Waals surface area contributed by atoms with Gasteiger partial charge in [-0.05, 0) is 42.2 Å². The molecule has 0 atom stereocenters. The van der Waals surface area contributed by atoms with E-state index in [1.807, 2.05) is 6.07 Å². The number of ether oxygens (including phenoxy) is 2.